The number of carbonyl (C=O) groups is 4. The molecule has 3 rings (SSSR count). The average molecular weight is 690 g/mol. The molecule has 2 aromatic rings. The van der Waals surface area contributed by atoms with E-state index in [9.17, 15) is 27.6 Å². The Morgan fingerprint density at radius 2 is 1.70 bits per heavy atom. The lowest BCUT2D eigenvalue weighted by molar-refractivity contribution is -0.192. The highest BCUT2D eigenvalue weighted by Crippen LogP contribution is 2.35. The number of benzene rings is 2. The molecule has 5 N–H and O–H groups in total. The van der Waals surface area contributed by atoms with Gasteiger partial charge in [0.2, 0.25) is 17.7 Å². The molecular formula is C32H41Cl2F3N4O5. The Morgan fingerprint density at radius 1 is 1.02 bits per heavy atom. The van der Waals surface area contributed by atoms with Gasteiger partial charge in [0.1, 0.15) is 6.04 Å². The number of carboxylic acids is 1. The van der Waals surface area contributed by atoms with E-state index in [0.29, 0.717) is 61.8 Å². The molecule has 3 amide bonds. The normalized spacial score (nSPS) is 16.9. The first-order valence-corrected chi connectivity index (χ1v) is 15.8. The summed E-state index contributed by atoms with van der Waals surface area (Å²) >= 11 is 12.3. The van der Waals surface area contributed by atoms with Crippen molar-refractivity contribution in [3.63, 3.8) is 0 Å². The molecule has 1 saturated heterocycles. The fourth-order valence-corrected chi connectivity index (χ4v) is 5.58. The van der Waals surface area contributed by atoms with Gasteiger partial charge in [-0.1, -0.05) is 66.0 Å². The van der Waals surface area contributed by atoms with Crippen LogP contribution >= 0.6 is 23.2 Å². The number of rotatable bonds is 13. The second kappa shape index (κ2) is 18.7. The van der Waals surface area contributed by atoms with E-state index in [2.05, 4.69) is 10.6 Å². The summed E-state index contributed by atoms with van der Waals surface area (Å²) in [4.78, 5) is 50.9. The van der Waals surface area contributed by atoms with E-state index in [1.165, 1.54) is 0 Å². The zero-order chi connectivity index (χ0) is 34.3. The van der Waals surface area contributed by atoms with Gasteiger partial charge in [0.05, 0.1) is 15.5 Å². The fraction of sp³-hybridized carbons (Fsp3) is 0.500. The molecule has 0 aliphatic carbocycles. The highest BCUT2D eigenvalue weighted by Gasteiger charge is 2.44. The van der Waals surface area contributed by atoms with Crippen LogP contribution in [0.4, 0.5) is 13.2 Å². The predicted molar refractivity (Wildman–Crippen MR) is 170 cm³/mol. The Bertz CT molecular complexity index is 1320. The maximum absolute atomic E-state index is 14.0. The summed E-state index contributed by atoms with van der Waals surface area (Å²) in [6.07, 6.45) is -0.154. The standard InChI is InChI=1S/C30H40Cl2N4O3.C2HF3O2/c1-2-34-29(39)30(20-22-10-5-3-6-11-22)15-9-17-36(21-30)28(38)26(35-27(37)12-7-4-8-16-33)19-23-13-14-24(31)25(32)18-23;3-2(4,5)1(6)7/h3,5-6,10-11,13-14,18,26H,2,4,7-9,12,15-17,19-21,33H2,1H3,(H,34,39)(H,35,37);(H,6,7)/t26?,30-;/m0./s1. The van der Waals surface area contributed by atoms with E-state index in [4.69, 9.17) is 38.8 Å². The smallest absolute Gasteiger partial charge is 0.475 e. The molecule has 254 valence electrons. The number of halogens is 5. The number of amides is 3. The number of carboxylic acid groups (broad SMARTS) is 1. The van der Waals surface area contributed by atoms with Crippen LogP contribution in [0.15, 0.2) is 48.5 Å². The Balaban J connectivity index is 0.000000942. The lowest BCUT2D eigenvalue weighted by atomic mass is 9.74. The number of unbranched alkanes of at least 4 members (excludes halogenated alkanes) is 2. The van der Waals surface area contributed by atoms with E-state index in [-0.39, 0.29) is 30.7 Å². The van der Waals surface area contributed by atoms with Gasteiger partial charge in [-0.3, -0.25) is 14.4 Å². The van der Waals surface area contributed by atoms with E-state index in [0.717, 1.165) is 24.0 Å². The highest BCUT2D eigenvalue weighted by molar-refractivity contribution is 6.42. The number of aliphatic carboxylic acids is 1. The van der Waals surface area contributed by atoms with E-state index in [1.807, 2.05) is 43.3 Å². The molecule has 1 heterocycles. The van der Waals surface area contributed by atoms with Crippen LogP contribution in [-0.4, -0.2) is 72.1 Å². The number of carbonyl (C=O) groups excluding carboxylic acids is 3. The molecular weight excluding hydrogens is 648 g/mol. The number of nitrogens with one attached hydrogen (secondary N) is 2. The van der Waals surface area contributed by atoms with Gasteiger partial charge < -0.3 is 26.4 Å². The number of hydrogen-bond donors (Lipinski definition) is 4. The topological polar surface area (TPSA) is 142 Å². The third-order valence-electron chi connectivity index (χ3n) is 7.50. The van der Waals surface area contributed by atoms with Crippen LogP contribution < -0.4 is 16.4 Å². The number of nitrogens with zero attached hydrogens (tertiary/aromatic N) is 1. The summed E-state index contributed by atoms with van der Waals surface area (Å²) < 4.78 is 31.7. The maximum Gasteiger partial charge on any atom is 0.490 e. The van der Waals surface area contributed by atoms with Crippen LogP contribution in [0, 0.1) is 5.41 Å². The first-order valence-electron chi connectivity index (χ1n) is 15.1. The Morgan fingerprint density at radius 3 is 2.28 bits per heavy atom. The fourth-order valence-electron chi connectivity index (χ4n) is 5.26. The van der Waals surface area contributed by atoms with Crippen molar-refractivity contribution in [3.8, 4) is 0 Å². The SMILES string of the molecule is CCNC(=O)[C@]1(Cc2ccccc2)CCCN(C(=O)C(Cc2ccc(Cl)c(Cl)c2)NC(=O)CCCCCN)C1.O=C(O)C(F)(F)F. The van der Waals surface area contributed by atoms with Crippen LogP contribution in [0.1, 0.15) is 56.6 Å². The van der Waals surface area contributed by atoms with E-state index < -0.39 is 23.6 Å². The molecule has 1 fully saturated rings. The third kappa shape index (κ3) is 12.4. The quantitative estimate of drug-likeness (QED) is 0.214. The van der Waals surface area contributed by atoms with Gasteiger partial charge in [-0.15, -0.1) is 0 Å². The van der Waals surface area contributed by atoms with Crippen molar-refractivity contribution in [2.24, 2.45) is 11.1 Å². The average Bonchev–Trinajstić information content (AvgIpc) is 3.01. The second-order valence-corrected chi connectivity index (χ2v) is 12.0. The predicted octanol–water partition coefficient (Wildman–Crippen LogP) is 5.16. The number of nitrogens with two attached hydrogens (primary N) is 1. The molecule has 9 nitrogen and oxygen atoms in total. The molecule has 2 atom stereocenters. The van der Waals surface area contributed by atoms with Gasteiger partial charge in [0, 0.05) is 32.5 Å². The lowest BCUT2D eigenvalue weighted by Gasteiger charge is -2.43. The highest BCUT2D eigenvalue weighted by atomic mass is 35.5. The second-order valence-electron chi connectivity index (χ2n) is 11.1. The molecule has 1 unspecified atom stereocenters. The van der Waals surface area contributed by atoms with Crippen molar-refractivity contribution in [2.45, 2.75) is 70.5 Å². The number of hydrogen-bond acceptors (Lipinski definition) is 5. The van der Waals surface area contributed by atoms with Gasteiger partial charge in [0.15, 0.2) is 0 Å². The van der Waals surface area contributed by atoms with Crippen molar-refractivity contribution in [2.75, 3.05) is 26.2 Å². The van der Waals surface area contributed by atoms with E-state index in [1.54, 1.807) is 17.0 Å². The van der Waals surface area contributed by atoms with E-state index >= 15 is 0 Å². The summed E-state index contributed by atoms with van der Waals surface area (Å²) in [5, 5.41) is 13.9. The summed E-state index contributed by atoms with van der Waals surface area (Å²) in [5.41, 5.74) is 6.67. The molecule has 1 aliphatic rings. The van der Waals surface area contributed by atoms with Gasteiger partial charge in [-0.25, -0.2) is 4.79 Å². The summed E-state index contributed by atoms with van der Waals surface area (Å²) in [6, 6.07) is 14.3. The maximum atomic E-state index is 14.0. The molecule has 0 bridgehead atoms. The van der Waals surface area contributed by atoms with Gasteiger partial charge in [-0.05, 0) is 68.8 Å². The zero-order valence-corrected chi connectivity index (χ0v) is 27.2. The Labute approximate surface area is 277 Å². The van der Waals surface area contributed by atoms with Crippen molar-refractivity contribution in [3.05, 3.63) is 69.7 Å². The zero-order valence-electron chi connectivity index (χ0n) is 25.7. The first kappa shape index (κ1) is 38.8. The molecule has 1 aliphatic heterocycles. The lowest BCUT2D eigenvalue weighted by Crippen LogP contribution is -2.58. The number of piperidine rings is 1. The van der Waals surface area contributed by atoms with Crippen molar-refractivity contribution in [1.29, 1.82) is 0 Å². The van der Waals surface area contributed by atoms with Gasteiger partial charge >= 0.3 is 12.1 Å². The summed E-state index contributed by atoms with van der Waals surface area (Å²) in [6.45, 7) is 3.82. The molecule has 14 heteroatoms. The van der Waals surface area contributed by atoms with Crippen molar-refractivity contribution < 1.29 is 37.5 Å². The van der Waals surface area contributed by atoms with Crippen LogP contribution in [0.5, 0.6) is 0 Å². The number of likely N-dealkylation sites (tertiary alicyclic amines) is 1. The molecule has 0 saturated carbocycles. The minimum atomic E-state index is -5.08. The van der Waals surface area contributed by atoms with Crippen molar-refractivity contribution in [1.82, 2.24) is 15.5 Å². The number of alkyl halides is 3. The molecule has 2 aromatic carbocycles. The molecule has 0 spiro atoms. The Kier molecular flexibility index (Phi) is 15.8. The minimum Gasteiger partial charge on any atom is -0.475 e. The van der Waals surface area contributed by atoms with Crippen LogP contribution in [0.3, 0.4) is 0 Å². The monoisotopic (exact) mass is 688 g/mol. The van der Waals surface area contributed by atoms with Gasteiger partial charge in [0.25, 0.3) is 0 Å². The van der Waals surface area contributed by atoms with Crippen LogP contribution in [0.2, 0.25) is 10.0 Å². The molecule has 0 radical (unpaired) electrons. The summed E-state index contributed by atoms with van der Waals surface area (Å²) in [5.74, 6) is -3.18. The Hall–Kier alpha value is -3.35. The van der Waals surface area contributed by atoms with Gasteiger partial charge in [-0.2, -0.15) is 13.2 Å². The summed E-state index contributed by atoms with van der Waals surface area (Å²) in [7, 11) is 0. The molecule has 46 heavy (non-hydrogen) atoms. The van der Waals surface area contributed by atoms with Crippen LogP contribution in [0.25, 0.3) is 0 Å². The molecule has 0 aromatic heterocycles. The largest absolute Gasteiger partial charge is 0.490 e. The minimum absolute atomic E-state index is 0.0451. The first-order chi connectivity index (χ1) is 21.7. The van der Waals surface area contributed by atoms with Crippen molar-refractivity contribution >= 4 is 46.9 Å². The third-order valence-corrected chi connectivity index (χ3v) is 8.24. The van der Waals surface area contributed by atoms with Crippen LogP contribution in [-0.2, 0) is 32.0 Å².